The molecule has 0 spiro atoms. The zero-order valence-corrected chi connectivity index (χ0v) is 16.0. The van der Waals surface area contributed by atoms with Gasteiger partial charge in [0.05, 0.1) is 12.0 Å². The smallest absolute Gasteiger partial charge is 0.293 e. The lowest BCUT2D eigenvalue weighted by atomic mass is 9.96. The van der Waals surface area contributed by atoms with Crippen LogP contribution in [0.1, 0.15) is 35.6 Å². The maximum absolute atomic E-state index is 12.5. The Bertz CT molecular complexity index is 1120. The van der Waals surface area contributed by atoms with Crippen LogP contribution >= 0.6 is 0 Å². The van der Waals surface area contributed by atoms with E-state index in [1.165, 1.54) is 19.2 Å². The van der Waals surface area contributed by atoms with Gasteiger partial charge in [0, 0.05) is 48.4 Å². The lowest BCUT2D eigenvalue weighted by Crippen LogP contribution is -2.26. The molecule has 0 amide bonds. The summed E-state index contributed by atoms with van der Waals surface area (Å²) in [5.74, 6) is 6.39. The number of aromatic amines is 1. The van der Waals surface area contributed by atoms with E-state index in [2.05, 4.69) is 33.2 Å². The van der Waals surface area contributed by atoms with Gasteiger partial charge in [0.1, 0.15) is 6.67 Å². The molecule has 150 valence electrons. The largest absolute Gasteiger partial charge is 0.502 e. The van der Waals surface area contributed by atoms with Crippen LogP contribution in [0.15, 0.2) is 41.7 Å². The van der Waals surface area contributed by atoms with Crippen molar-refractivity contribution in [2.24, 2.45) is 5.92 Å². The van der Waals surface area contributed by atoms with E-state index in [4.69, 9.17) is 0 Å². The van der Waals surface area contributed by atoms with Crippen LogP contribution in [0.5, 0.6) is 5.75 Å². The second kappa shape index (κ2) is 8.50. The molecule has 0 saturated heterocycles. The summed E-state index contributed by atoms with van der Waals surface area (Å²) in [5, 5.41) is 13.2. The number of nitrogens with zero attached hydrogens (tertiary/aromatic N) is 2. The first-order valence-electron chi connectivity index (χ1n) is 9.79. The molecule has 7 heteroatoms. The van der Waals surface area contributed by atoms with Crippen molar-refractivity contribution in [1.29, 1.82) is 0 Å². The Balaban J connectivity index is 1.59. The molecule has 1 saturated carbocycles. The molecule has 3 N–H and O–H groups in total. The standard InChI is InChI=1S/C22H23FN4O2/c23-7-8-24-11-18(20-21(28)22(29)26-14-25-20)9-17-10-19-6-5-16(12-27(19)13-17)4-3-15-1-2-15/h5-6,10,12-15,18,24,28H,1-2,7-9,11H2,(H,25,26,29). The number of nitrogens with one attached hydrogen (secondary N) is 2. The van der Waals surface area contributed by atoms with Crippen LogP contribution in [0, 0.1) is 17.8 Å². The normalized spacial score (nSPS) is 14.5. The fourth-order valence-electron chi connectivity index (χ4n) is 3.37. The van der Waals surface area contributed by atoms with Crippen molar-refractivity contribution < 1.29 is 9.50 Å². The van der Waals surface area contributed by atoms with E-state index in [9.17, 15) is 14.3 Å². The number of alkyl halides is 1. The molecule has 0 aliphatic heterocycles. The Morgan fingerprint density at radius 3 is 3.03 bits per heavy atom. The van der Waals surface area contributed by atoms with Gasteiger partial charge in [-0.1, -0.05) is 11.8 Å². The molecule has 1 aliphatic rings. The van der Waals surface area contributed by atoms with Crippen molar-refractivity contribution in [2.45, 2.75) is 25.2 Å². The highest BCUT2D eigenvalue weighted by molar-refractivity contribution is 5.53. The van der Waals surface area contributed by atoms with Crippen molar-refractivity contribution in [1.82, 2.24) is 19.7 Å². The summed E-state index contributed by atoms with van der Waals surface area (Å²) in [4.78, 5) is 18.3. The van der Waals surface area contributed by atoms with E-state index in [1.54, 1.807) is 0 Å². The highest BCUT2D eigenvalue weighted by Gasteiger charge is 2.20. The van der Waals surface area contributed by atoms with Crippen LogP contribution in [-0.2, 0) is 6.42 Å². The second-order valence-electron chi connectivity index (χ2n) is 7.40. The molecule has 0 radical (unpaired) electrons. The van der Waals surface area contributed by atoms with Gasteiger partial charge in [-0.2, -0.15) is 0 Å². The summed E-state index contributed by atoms with van der Waals surface area (Å²) < 4.78 is 14.5. The highest BCUT2D eigenvalue weighted by atomic mass is 19.1. The molecule has 3 heterocycles. The van der Waals surface area contributed by atoms with E-state index in [1.807, 2.05) is 28.9 Å². The maximum atomic E-state index is 12.5. The molecular formula is C22H23FN4O2. The van der Waals surface area contributed by atoms with Crippen LogP contribution in [0.25, 0.3) is 5.52 Å². The number of H-pyrrole nitrogens is 1. The van der Waals surface area contributed by atoms with E-state index in [0.29, 0.717) is 24.6 Å². The van der Waals surface area contributed by atoms with Crippen LogP contribution in [-0.4, -0.2) is 39.2 Å². The fraction of sp³-hybridized carbons (Fsp3) is 0.364. The number of hydrogen-bond acceptors (Lipinski definition) is 4. The minimum absolute atomic E-state index is 0.210. The average Bonchev–Trinajstić information content (AvgIpc) is 3.46. The van der Waals surface area contributed by atoms with Crippen molar-refractivity contribution in [3.8, 4) is 17.6 Å². The molecule has 1 fully saturated rings. The molecule has 3 aromatic heterocycles. The monoisotopic (exact) mass is 394 g/mol. The lowest BCUT2D eigenvalue weighted by molar-refractivity contribution is 0.429. The summed E-state index contributed by atoms with van der Waals surface area (Å²) in [6.45, 7) is 0.127. The number of pyridine rings is 1. The van der Waals surface area contributed by atoms with Gasteiger partial charge < -0.3 is 19.8 Å². The average molecular weight is 394 g/mol. The van der Waals surface area contributed by atoms with Gasteiger partial charge in [0.25, 0.3) is 5.56 Å². The Kier molecular flexibility index (Phi) is 5.63. The summed E-state index contributed by atoms with van der Waals surface area (Å²) in [7, 11) is 0. The van der Waals surface area contributed by atoms with Gasteiger partial charge in [-0.15, -0.1) is 0 Å². The van der Waals surface area contributed by atoms with Crippen LogP contribution in [0.4, 0.5) is 4.39 Å². The molecule has 1 atom stereocenters. The zero-order chi connectivity index (χ0) is 20.2. The molecule has 0 aromatic carbocycles. The lowest BCUT2D eigenvalue weighted by Gasteiger charge is -2.17. The van der Waals surface area contributed by atoms with Gasteiger partial charge in [0.2, 0.25) is 5.75 Å². The molecule has 1 unspecified atom stereocenters. The first kappa shape index (κ1) is 19.2. The first-order valence-corrected chi connectivity index (χ1v) is 9.79. The fourth-order valence-corrected chi connectivity index (χ4v) is 3.37. The van der Waals surface area contributed by atoms with Crippen LogP contribution in [0.3, 0.4) is 0 Å². The molecule has 1 aliphatic carbocycles. The number of aromatic nitrogens is 3. The summed E-state index contributed by atoms with van der Waals surface area (Å²) in [5.41, 5.74) is 2.78. The van der Waals surface area contributed by atoms with Gasteiger partial charge in [-0.25, -0.2) is 9.37 Å². The molecule has 4 rings (SSSR count). The Morgan fingerprint density at radius 1 is 1.38 bits per heavy atom. The highest BCUT2D eigenvalue weighted by Crippen LogP contribution is 2.28. The first-order chi connectivity index (χ1) is 14.1. The van der Waals surface area contributed by atoms with Crippen LogP contribution < -0.4 is 10.9 Å². The minimum Gasteiger partial charge on any atom is -0.502 e. The zero-order valence-electron chi connectivity index (χ0n) is 16.0. The second-order valence-corrected chi connectivity index (χ2v) is 7.40. The Labute approximate surface area is 167 Å². The minimum atomic E-state index is -0.577. The van der Waals surface area contributed by atoms with Crippen molar-refractivity contribution in [3.63, 3.8) is 0 Å². The Morgan fingerprint density at radius 2 is 2.24 bits per heavy atom. The number of rotatable bonds is 7. The predicted octanol–water partition coefficient (Wildman–Crippen LogP) is 2.38. The molecular weight excluding hydrogens is 371 g/mol. The van der Waals surface area contributed by atoms with Gasteiger partial charge in [0.15, 0.2) is 0 Å². The van der Waals surface area contributed by atoms with E-state index in [0.717, 1.165) is 16.6 Å². The van der Waals surface area contributed by atoms with Crippen molar-refractivity contribution in [3.05, 3.63) is 64.1 Å². The third kappa shape index (κ3) is 4.66. The van der Waals surface area contributed by atoms with Gasteiger partial charge in [-0.05, 0) is 43.0 Å². The van der Waals surface area contributed by atoms with Crippen molar-refractivity contribution >= 4 is 5.52 Å². The number of halogens is 1. The van der Waals surface area contributed by atoms with Crippen LogP contribution in [0.2, 0.25) is 0 Å². The molecule has 3 aromatic rings. The topological polar surface area (TPSA) is 82.4 Å². The molecule has 0 bridgehead atoms. The van der Waals surface area contributed by atoms with Crippen molar-refractivity contribution in [2.75, 3.05) is 19.8 Å². The maximum Gasteiger partial charge on any atom is 0.293 e. The van der Waals surface area contributed by atoms with Gasteiger partial charge >= 0.3 is 0 Å². The third-order valence-corrected chi connectivity index (χ3v) is 5.03. The SMILES string of the molecule is O=c1[nH]cnc(C(CNCCF)Cc2cc3ccc(C#CC4CC4)cn3c2)c1O. The Hall–Kier alpha value is -3.11. The summed E-state index contributed by atoms with van der Waals surface area (Å²) in [6, 6.07) is 6.10. The number of aromatic hydroxyl groups is 1. The quantitative estimate of drug-likeness (QED) is 0.424. The summed E-state index contributed by atoms with van der Waals surface area (Å²) >= 11 is 0. The number of fused-ring (bicyclic) bond motifs is 1. The third-order valence-electron chi connectivity index (χ3n) is 5.03. The van der Waals surface area contributed by atoms with E-state index >= 15 is 0 Å². The molecule has 6 nitrogen and oxygen atoms in total. The van der Waals surface area contributed by atoms with E-state index in [-0.39, 0.29) is 18.2 Å². The molecule has 29 heavy (non-hydrogen) atoms. The van der Waals surface area contributed by atoms with Gasteiger partial charge in [-0.3, -0.25) is 4.79 Å². The summed E-state index contributed by atoms with van der Waals surface area (Å²) in [6.07, 6.45) is 8.25. The number of hydrogen-bond donors (Lipinski definition) is 3. The predicted molar refractivity (Wildman–Crippen MR) is 109 cm³/mol. The van der Waals surface area contributed by atoms with E-state index < -0.39 is 12.2 Å².